The van der Waals surface area contributed by atoms with E-state index in [1.807, 2.05) is 19.3 Å². The summed E-state index contributed by atoms with van der Waals surface area (Å²) in [6.45, 7) is 6.91. The highest BCUT2D eigenvalue weighted by Crippen LogP contribution is 1.94. The molecular formula is C6H7N3. The van der Waals surface area contributed by atoms with E-state index >= 15 is 0 Å². The third kappa shape index (κ3) is 1.29. The van der Waals surface area contributed by atoms with Crippen molar-refractivity contribution in [2.75, 3.05) is 0 Å². The van der Waals surface area contributed by atoms with Crippen LogP contribution >= 0.6 is 0 Å². The van der Waals surface area contributed by atoms with Crippen LogP contribution in [0, 0.1) is 6.57 Å². The van der Waals surface area contributed by atoms with E-state index in [1.54, 1.807) is 4.68 Å². The first-order valence-electron chi connectivity index (χ1n) is 2.64. The Hall–Kier alpha value is -1.30. The predicted molar refractivity (Wildman–Crippen MR) is 33.5 cm³/mol. The van der Waals surface area contributed by atoms with Gasteiger partial charge in [0.1, 0.15) is 5.69 Å². The van der Waals surface area contributed by atoms with Gasteiger partial charge in [-0.3, -0.25) is 4.68 Å². The summed E-state index contributed by atoms with van der Waals surface area (Å²) >= 11 is 0. The second-order valence-corrected chi connectivity index (χ2v) is 1.80. The van der Waals surface area contributed by atoms with E-state index in [-0.39, 0.29) is 0 Å². The molecule has 3 nitrogen and oxygen atoms in total. The van der Waals surface area contributed by atoms with Gasteiger partial charge in [0.05, 0.1) is 0 Å². The molecular weight excluding hydrogens is 114 g/mol. The number of rotatable bonds is 1. The van der Waals surface area contributed by atoms with Gasteiger partial charge in [0.15, 0.2) is 0 Å². The summed E-state index contributed by atoms with van der Waals surface area (Å²) in [7, 11) is 1.84. The van der Waals surface area contributed by atoms with Gasteiger partial charge in [-0.15, -0.1) is 0 Å². The number of aryl methyl sites for hydroxylation is 1. The molecule has 0 saturated carbocycles. The van der Waals surface area contributed by atoms with Gasteiger partial charge in [-0.05, 0) is 6.07 Å². The minimum absolute atomic E-state index is 0.390. The molecule has 0 saturated heterocycles. The lowest BCUT2D eigenvalue weighted by molar-refractivity contribution is 0.750. The molecule has 0 aliphatic rings. The van der Waals surface area contributed by atoms with Crippen molar-refractivity contribution in [2.45, 2.75) is 6.54 Å². The summed E-state index contributed by atoms with van der Waals surface area (Å²) in [5.74, 6) is 0. The zero-order valence-electron chi connectivity index (χ0n) is 5.20. The highest BCUT2D eigenvalue weighted by atomic mass is 15.2. The highest BCUT2D eigenvalue weighted by Gasteiger charge is 1.95. The average Bonchev–Trinajstić information content (AvgIpc) is 2.17. The van der Waals surface area contributed by atoms with Gasteiger partial charge in [-0.2, -0.15) is 5.10 Å². The van der Waals surface area contributed by atoms with Gasteiger partial charge in [0.25, 0.3) is 6.54 Å². The third-order valence-electron chi connectivity index (χ3n) is 1.01. The summed E-state index contributed by atoms with van der Waals surface area (Å²) < 4.78 is 1.69. The lowest BCUT2D eigenvalue weighted by Gasteiger charge is -1.81. The molecule has 0 N–H and O–H groups in total. The lowest BCUT2D eigenvalue weighted by Crippen LogP contribution is -1.88. The number of aromatic nitrogens is 2. The van der Waals surface area contributed by atoms with Crippen molar-refractivity contribution >= 4 is 0 Å². The van der Waals surface area contributed by atoms with Crippen molar-refractivity contribution in [2.24, 2.45) is 7.05 Å². The Morgan fingerprint density at radius 2 is 2.67 bits per heavy atom. The maximum atomic E-state index is 6.53. The fraction of sp³-hybridized carbons (Fsp3) is 0.333. The van der Waals surface area contributed by atoms with E-state index in [0.29, 0.717) is 6.54 Å². The van der Waals surface area contributed by atoms with Crippen molar-refractivity contribution in [1.82, 2.24) is 9.78 Å². The molecule has 1 aromatic heterocycles. The van der Waals surface area contributed by atoms with Crippen molar-refractivity contribution in [3.8, 4) is 0 Å². The topological polar surface area (TPSA) is 22.2 Å². The fourth-order valence-corrected chi connectivity index (χ4v) is 0.629. The quantitative estimate of drug-likeness (QED) is 0.505. The van der Waals surface area contributed by atoms with Gasteiger partial charge in [-0.25, -0.2) is 6.57 Å². The zero-order chi connectivity index (χ0) is 6.69. The van der Waals surface area contributed by atoms with Crippen LogP contribution in [-0.2, 0) is 13.6 Å². The largest absolute Gasteiger partial charge is 0.310 e. The Balaban J connectivity index is 2.76. The van der Waals surface area contributed by atoms with Gasteiger partial charge >= 0.3 is 0 Å². The van der Waals surface area contributed by atoms with Gasteiger partial charge in [0, 0.05) is 13.2 Å². The summed E-state index contributed by atoms with van der Waals surface area (Å²) in [5.41, 5.74) is 0.840. The summed E-state index contributed by atoms with van der Waals surface area (Å²) in [5, 5.41) is 4.00. The molecule has 1 rings (SSSR count). The van der Waals surface area contributed by atoms with Crippen LogP contribution in [0.3, 0.4) is 0 Å². The fourth-order valence-electron chi connectivity index (χ4n) is 0.629. The van der Waals surface area contributed by atoms with E-state index in [0.717, 1.165) is 5.69 Å². The van der Waals surface area contributed by atoms with E-state index in [2.05, 4.69) is 9.94 Å². The Labute approximate surface area is 53.7 Å². The van der Waals surface area contributed by atoms with Crippen LogP contribution in [0.4, 0.5) is 0 Å². The SMILES string of the molecule is [C-]#[N+]Cc1ccn(C)n1. The Bertz CT molecular complexity index is 231. The molecule has 1 aromatic rings. The highest BCUT2D eigenvalue weighted by molar-refractivity contribution is 5.00. The Morgan fingerprint density at radius 1 is 1.89 bits per heavy atom. The van der Waals surface area contributed by atoms with Gasteiger partial charge in [-0.1, -0.05) is 0 Å². The molecule has 0 aliphatic heterocycles. The molecule has 0 aromatic carbocycles. The molecule has 9 heavy (non-hydrogen) atoms. The molecule has 0 fully saturated rings. The average molecular weight is 121 g/mol. The second kappa shape index (κ2) is 2.31. The van der Waals surface area contributed by atoms with Crippen molar-refractivity contribution < 1.29 is 0 Å². The smallest absolute Gasteiger partial charge is 0.258 e. The zero-order valence-corrected chi connectivity index (χ0v) is 5.20. The Morgan fingerprint density at radius 3 is 3.11 bits per heavy atom. The maximum Gasteiger partial charge on any atom is 0.258 e. The van der Waals surface area contributed by atoms with Crippen LogP contribution in [0.15, 0.2) is 12.3 Å². The Kier molecular flexibility index (Phi) is 1.50. The van der Waals surface area contributed by atoms with Crippen LogP contribution in [0.1, 0.15) is 5.69 Å². The maximum absolute atomic E-state index is 6.53. The van der Waals surface area contributed by atoms with E-state index in [9.17, 15) is 0 Å². The molecule has 0 bridgehead atoms. The third-order valence-corrected chi connectivity index (χ3v) is 1.01. The van der Waals surface area contributed by atoms with Crippen LogP contribution < -0.4 is 0 Å². The van der Waals surface area contributed by atoms with Crippen molar-refractivity contribution in [3.05, 3.63) is 29.4 Å². The molecule has 3 heteroatoms. The first-order chi connectivity index (χ1) is 4.33. The standard InChI is InChI=1S/C6H7N3/c1-7-5-6-3-4-9(2)8-6/h3-4H,5H2,2H3. The van der Waals surface area contributed by atoms with E-state index < -0.39 is 0 Å². The van der Waals surface area contributed by atoms with Crippen LogP contribution in [-0.4, -0.2) is 9.78 Å². The summed E-state index contributed by atoms with van der Waals surface area (Å²) in [6, 6.07) is 1.85. The number of hydrogen-bond acceptors (Lipinski definition) is 1. The molecule has 0 amide bonds. The predicted octanol–water partition coefficient (Wildman–Crippen LogP) is 0.839. The molecule has 0 spiro atoms. The molecule has 0 unspecified atom stereocenters. The molecule has 0 atom stereocenters. The number of nitrogens with zero attached hydrogens (tertiary/aromatic N) is 3. The first kappa shape index (κ1) is 5.83. The van der Waals surface area contributed by atoms with Crippen LogP contribution in [0.2, 0.25) is 0 Å². The summed E-state index contributed by atoms with van der Waals surface area (Å²) in [4.78, 5) is 3.19. The van der Waals surface area contributed by atoms with E-state index in [4.69, 9.17) is 6.57 Å². The molecule has 0 aliphatic carbocycles. The summed E-state index contributed by atoms with van der Waals surface area (Å²) in [6.07, 6.45) is 1.83. The monoisotopic (exact) mass is 121 g/mol. The van der Waals surface area contributed by atoms with Crippen molar-refractivity contribution in [3.63, 3.8) is 0 Å². The normalized spacial score (nSPS) is 8.89. The lowest BCUT2D eigenvalue weighted by atomic mass is 10.4. The van der Waals surface area contributed by atoms with Gasteiger partial charge in [0.2, 0.25) is 0 Å². The van der Waals surface area contributed by atoms with Gasteiger partial charge < -0.3 is 4.85 Å². The molecule has 1 heterocycles. The molecule has 0 radical (unpaired) electrons. The minimum atomic E-state index is 0.390. The first-order valence-corrected chi connectivity index (χ1v) is 2.64. The number of hydrogen-bond donors (Lipinski definition) is 0. The van der Waals surface area contributed by atoms with Crippen LogP contribution in [0.25, 0.3) is 4.85 Å². The minimum Gasteiger partial charge on any atom is -0.310 e. The van der Waals surface area contributed by atoms with Crippen LogP contribution in [0.5, 0.6) is 0 Å². The second-order valence-electron chi connectivity index (χ2n) is 1.80. The molecule has 46 valence electrons. The van der Waals surface area contributed by atoms with E-state index in [1.165, 1.54) is 0 Å². The van der Waals surface area contributed by atoms with Crippen molar-refractivity contribution in [1.29, 1.82) is 0 Å².